The largest absolute Gasteiger partial charge is 0.438 e. The summed E-state index contributed by atoms with van der Waals surface area (Å²) < 4.78 is 5.34. The van der Waals surface area contributed by atoms with Gasteiger partial charge in [-0.1, -0.05) is 12.8 Å². The number of nitrogens with zero attached hydrogens (tertiary/aromatic N) is 4. The molecule has 132 valence electrons. The first-order valence-electron chi connectivity index (χ1n) is 9.28. The molecule has 2 aromatic heterocycles. The lowest BCUT2D eigenvalue weighted by Gasteiger charge is -2.28. The summed E-state index contributed by atoms with van der Waals surface area (Å²) in [6.45, 7) is 3.27. The van der Waals surface area contributed by atoms with Gasteiger partial charge in [0.1, 0.15) is 5.82 Å². The zero-order valence-corrected chi connectivity index (χ0v) is 14.5. The molecule has 1 amide bonds. The van der Waals surface area contributed by atoms with E-state index in [0.717, 1.165) is 31.0 Å². The van der Waals surface area contributed by atoms with Gasteiger partial charge in [-0.25, -0.2) is 9.97 Å². The second-order valence-corrected chi connectivity index (χ2v) is 7.93. The number of oxazole rings is 1. The highest BCUT2D eigenvalue weighted by molar-refractivity contribution is 5.92. The fourth-order valence-electron chi connectivity index (χ4n) is 4.70. The Morgan fingerprint density at radius 1 is 1.36 bits per heavy atom. The molecular weight excluding hydrogens is 318 g/mol. The number of aromatic amines is 1. The Balaban J connectivity index is 1.45. The van der Waals surface area contributed by atoms with Crippen LogP contribution in [0.4, 0.5) is 0 Å². The summed E-state index contributed by atoms with van der Waals surface area (Å²) in [5.41, 5.74) is 0.786. The predicted octanol–water partition coefficient (Wildman–Crippen LogP) is 2.78. The van der Waals surface area contributed by atoms with Gasteiger partial charge >= 0.3 is 0 Å². The molecule has 1 saturated heterocycles. The molecule has 0 bridgehead atoms. The third kappa shape index (κ3) is 2.40. The second-order valence-electron chi connectivity index (χ2n) is 7.93. The molecule has 2 aliphatic carbocycles. The first-order chi connectivity index (χ1) is 12.2. The number of aromatic nitrogens is 4. The van der Waals surface area contributed by atoms with Crippen molar-refractivity contribution in [2.45, 2.75) is 57.3 Å². The summed E-state index contributed by atoms with van der Waals surface area (Å²) in [4.78, 5) is 23.7. The smallest absolute Gasteiger partial charge is 0.291 e. The fraction of sp³-hybridized carbons (Fsp3) is 0.667. The Morgan fingerprint density at radius 3 is 2.84 bits per heavy atom. The summed E-state index contributed by atoms with van der Waals surface area (Å²) in [7, 11) is 0. The summed E-state index contributed by atoms with van der Waals surface area (Å²) >= 11 is 0. The van der Waals surface area contributed by atoms with Crippen LogP contribution in [0, 0.1) is 12.3 Å². The zero-order valence-electron chi connectivity index (χ0n) is 14.5. The van der Waals surface area contributed by atoms with E-state index in [2.05, 4.69) is 15.2 Å². The highest BCUT2D eigenvalue weighted by Crippen LogP contribution is 2.53. The Morgan fingerprint density at radius 2 is 2.16 bits per heavy atom. The lowest BCUT2D eigenvalue weighted by atomic mass is 9.76. The number of nitrogens with one attached hydrogen (secondary N) is 1. The number of hydrogen-bond donors (Lipinski definition) is 1. The lowest BCUT2D eigenvalue weighted by Crippen LogP contribution is -2.31. The average molecular weight is 341 g/mol. The normalized spacial score (nSPS) is 25.2. The minimum atomic E-state index is -0.0503. The molecule has 2 saturated carbocycles. The van der Waals surface area contributed by atoms with Gasteiger partial charge in [0.25, 0.3) is 5.91 Å². The maximum Gasteiger partial charge on any atom is 0.291 e. The van der Waals surface area contributed by atoms with E-state index in [1.54, 1.807) is 0 Å². The monoisotopic (exact) mass is 341 g/mol. The van der Waals surface area contributed by atoms with Crippen molar-refractivity contribution in [3.8, 4) is 0 Å². The zero-order chi connectivity index (χ0) is 17.0. The molecule has 1 atom stereocenters. The molecule has 1 aliphatic heterocycles. The van der Waals surface area contributed by atoms with Crippen LogP contribution in [-0.4, -0.2) is 44.1 Å². The molecule has 7 heteroatoms. The third-order valence-electron chi connectivity index (χ3n) is 6.27. The van der Waals surface area contributed by atoms with Crippen molar-refractivity contribution in [2.24, 2.45) is 5.41 Å². The third-order valence-corrected chi connectivity index (χ3v) is 6.27. The number of amides is 1. The molecule has 1 spiro atoms. The van der Waals surface area contributed by atoms with Gasteiger partial charge < -0.3 is 9.32 Å². The van der Waals surface area contributed by atoms with E-state index >= 15 is 0 Å². The molecule has 0 aromatic carbocycles. The van der Waals surface area contributed by atoms with Gasteiger partial charge in [-0.05, 0) is 38.0 Å². The van der Waals surface area contributed by atoms with Gasteiger partial charge in [0.15, 0.2) is 12.2 Å². The average Bonchev–Trinajstić information content (AvgIpc) is 3.05. The molecule has 1 N–H and O–H groups in total. The molecule has 1 unspecified atom stereocenters. The van der Waals surface area contributed by atoms with E-state index in [1.807, 2.05) is 11.8 Å². The minimum absolute atomic E-state index is 0.0503. The van der Waals surface area contributed by atoms with E-state index in [9.17, 15) is 4.79 Å². The van der Waals surface area contributed by atoms with Crippen molar-refractivity contribution >= 4 is 5.91 Å². The van der Waals surface area contributed by atoms with Crippen LogP contribution in [0.15, 0.2) is 10.8 Å². The van der Waals surface area contributed by atoms with E-state index in [-0.39, 0.29) is 17.2 Å². The molecule has 3 fully saturated rings. The number of aryl methyl sites for hydroxylation is 1. The molecule has 0 radical (unpaired) electrons. The van der Waals surface area contributed by atoms with Crippen LogP contribution in [0.2, 0.25) is 0 Å². The molecule has 25 heavy (non-hydrogen) atoms. The standard InChI is InChI=1S/C18H23N5O2/c1-11-14(25-10-19-11)17(24)23-8-13(18(9-23)6-2-3-7-18)16-20-15(21-22-16)12-4-5-12/h10,12-13H,2-9H2,1H3,(H,20,21,22). The van der Waals surface area contributed by atoms with Gasteiger partial charge in [0.05, 0.1) is 5.69 Å². The predicted molar refractivity (Wildman–Crippen MR) is 89.1 cm³/mol. The van der Waals surface area contributed by atoms with E-state index in [4.69, 9.17) is 9.40 Å². The van der Waals surface area contributed by atoms with E-state index in [1.165, 1.54) is 32.1 Å². The molecular formula is C18H23N5O2. The van der Waals surface area contributed by atoms with Crippen LogP contribution < -0.4 is 0 Å². The van der Waals surface area contributed by atoms with Crippen molar-refractivity contribution in [1.82, 2.24) is 25.1 Å². The van der Waals surface area contributed by atoms with Crippen LogP contribution in [0.3, 0.4) is 0 Å². The Kier molecular flexibility index (Phi) is 3.27. The molecule has 3 heterocycles. The lowest BCUT2D eigenvalue weighted by molar-refractivity contribution is 0.0740. The Hall–Kier alpha value is -2.18. The first-order valence-corrected chi connectivity index (χ1v) is 9.28. The van der Waals surface area contributed by atoms with Crippen molar-refractivity contribution in [1.29, 1.82) is 0 Å². The van der Waals surface area contributed by atoms with Crippen molar-refractivity contribution < 1.29 is 9.21 Å². The highest BCUT2D eigenvalue weighted by Gasteiger charge is 2.51. The number of likely N-dealkylation sites (tertiary alicyclic amines) is 1. The van der Waals surface area contributed by atoms with Crippen molar-refractivity contribution in [3.05, 3.63) is 29.5 Å². The quantitative estimate of drug-likeness (QED) is 0.927. The Bertz CT molecular complexity index is 800. The van der Waals surface area contributed by atoms with Gasteiger partial charge in [0.2, 0.25) is 5.76 Å². The van der Waals surface area contributed by atoms with E-state index in [0.29, 0.717) is 23.9 Å². The van der Waals surface area contributed by atoms with Crippen LogP contribution in [0.25, 0.3) is 0 Å². The summed E-state index contributed by atoms with van der Waals surface area (Å²) in [6.07, 6.45) is 8.49. The maximum atomic E-state index is 12.9. The summed E-state index contributed by atoms with van der Waals surface area (Å²) in [6, 6.07) is 0. The number of H-pyrrole nitrogens is 1. The van der Waals surface area contributed by atoms with Crippen LogP contribution in [-0.2, 0) is 0 Å². The minimum Gasteiger partial charge on any atom is -0.438 e. The van der Waals surface area contributed by atoms with Gasteiger partial charge in [-0.3, -0.25) is 9.89 Å². The van der Waals surface area contributed by atoms with Crippen LogP contribution >= 0.6 is 0 Å². The Labute approximate surface area is 146 Å². The number of rotatable bonds is 3. The topological polar surface area (TPSA) is 87.9 Å². The number of carbonyl (C=O) groups is 1. The molecule has 5 rings (SSSR count). The van der Waals surface area contributed by atoms with Gasteiger partial charge in [0, 0.05) is 24.9 Å². The second kappa shape index (κ2) is 5.41. The van der Waals surface area contributed by atoms with Crippen LogP contribution in [0.1, 0.15) is 78.3 Å². The number of carbonyl (C=O) groups excluding carboxylic acids is 1. The maximum absolute atomic E-state index is 12.9. The van der Waals surface area contributed by atoms with E-state index < -0.39 is 0 Å². The first kappa shape index (κ1) is 15.1. The SMILES string of the molecule is Cc1ncoc1C(=O)N1CC(c2nc(C3CC3)n[nH]2)C2(CCCC2)C1. The molecule has 3 aliphatic rings. The highest BCUT2D eigenvalue weighted by atomic mass is 16.3. The van der Waals surface area contributed by atoms with Crippen LogP contribution in [0.5, 0.6) is 0 Å². The fourth-order valence-corrected chi connectivity index (χ4v) is 4.70. The summed E-state index contributed by atoms with van der Waals surface area (Å²) in [5, 5.41) is 7.63. The molecule has 7 nitrogen and oxygen atoms in total. The summed E-state index contributed by atoms with van der Waals surface area (Å²) in [5.74, 6) is 3.02. The van der Waals surface area contributed by atoms with Gasteiger partial charge in [-0.2, -0.15) is 5.10 Å². The van der Waals surface area contributed by atoms with Crippen molar-refractivity contribution in [2.75, 3.05) is 13.1 Å². The molecule has 2 aromatic rings. The number of hydrogen-bond acceptors (Lipinski definition) is 5. The van der Waals surface area contributed by atoms with Gasteiger partial charge in [-0.15, -0.1) is 0 Å². The van der Waals surface area contributed by atoms with Crippen molar-refractivity contribution in [3.63, 3.8) is 0 Å².